The van der Waals surface area contributed by atoms with Gasteiger partial charge in [-0.2, -0.15) is 0 Å². The second kappa shape index (κ2) is 5.75. The Balaban J connectivity index is 1.63. The van der Waals surface area contributed by atoms with Crippen LogP contribution in [0.2, 0.25) is 0 Å². The molecule has 2 amide bonds. The van der Waals surface area contributed by atoms with E-state index >= 15 is 0 Å². The van der Waals surface area contributed by atoms with Crippen molar-refractivity contribution in [2.24, 2.45) is 0 Å². The van der Waals surface area contributed by atoms with Crippen LogP contribution >= 0.6 is 11.3 Å². The summed E-state index contributed by atoms with van der Waals surface area (Å²) >= 11 is 1.45. The van der Waals surface area contributed by atoms with Crippen molar-refractivity contribution in [3.8, 4) is 16.3 Å². The standard InChI is InChI=1S/C21H12N2O3S/c24-17-10-9-12(23-20(25)13-5-1-2-6-14(13)21(23)26)11-15(17)19-22-16-7-3-4-8-18(16)27-19/h1-11,24H. The molecule has 0 saturated heterocycles. The van der Waals surface area contributed by atoms with Crippen molar-refractivity contribution in [3.05, 3.63) is 77.9 Å². The molecule has 0 saturated carbocycles. The van der Waals surface area contributed by atoms with E-state index < -0.39 is 0 Å². The summed E-state index contributed by atoms with van der Waals surface area (Å²) in [6.45, 7) is 0. The molecule has 0 bridgehead atoms. The molecule has 0 atom stereocenters. The first-order valence-corrected chi connectivity index (χ1v) is 9.12. The van der Waals surface area contributed by atoms with Gasteiger partial charge in [0.1, 0.15) is 10.8 Å². The van der Waals surface area contributed by atoms with E-state index in [2.05, 4.69) is 4.98 Å². The maximum absolute atomic E-state index is 12.7. The first-order chi connectivity index (χ1) is 13.1. The molecule has 1 aromatic heterocycles. The number of thiazole rings is 1. The molecule has 1 N–H and O–H groups in total. The van der Waals surface area contributed by atoms with Crippen molar-refractivity contribution in [1.29, 1.82) is 0 Å². The summed E-state index contributed by atoms with van der Waals surface area (Å²) in [5.41, 5.74) is 2.51. The minimum atomic E-state index is -0.364. The van der Waals surface area contributed by atoms with Gasteiger partial charge in [-0.25, -0.2) is 9.88 Å². The molecule has 0 fully saturated rings. The van der Waals surface area contributed by atoms with E-state index in [4.69, 9.17) is 0 Å². The number of nitrogens with zero attached hydrogens (tertiary/aromatic N) is 2. The summed E-state index contributed by atoms with van der Waals surface area (Å²) < 4.78 is 0.998. The molecule has 3 aromatic carbocycles. The third-order valence-corrected chi connectivity index (χ3v) is 5.63. The normalized spacial score (nSPS) is 13.4. The number of aromatic hydroxyl groups is 1. The number of hydrogen-bond donors (Lipinski definition) is 1. The zero-order chi connectivity index (χ0) is 18.5. The third kappa shape index (κ3) is 2.34. The monoisotopic (exact) mass is 372 g/mol. The number of para-hydroxylation sites is 1. The Morgan fingerprint density at radius 3 is 2.19 bits per heavy atom. The number of aromatic nitrogens is 1. The van der Waals surface area contributed by atoms with Crippen molar-refractivity contribution in [3.63, 3.8) is 0 Å². The zero-order valence-electron chi connectivity index (χ0n) is 13.9. The van der Waals surface area contributed by atoms with Gasteiger partial charge in [-0.3, -0.25) is 9.59 Å². The van der Waals surface area contributed by atoms with Crippen LogP contribution in [-0.4, -0.2) is 21.9 Å². The summed E-state index contributed by atoms with van der Waals surface area (Å²) in [7, 11) is 0. The van der Waals surface area contributed by atoms with E-state index in [-0.39, 0.29) is 17.6 Å². The Morgan fingerprint density at radius 2 is 1.48 bits per heavy atom. The molecule has 0 radical (unpaired) electrons. The smallest absolute Gasteiger partial charge is 0.266 e. The number of phenols is 1. The highest BCUT2D eigenvalue weighted by Gasteiger charge is 2.36. The molecule has 4 aromatic rings. The molecule has 1 aliphatic heterocycles. The Labute approximate surface area is 158 Å². The number of imide groups is 1. The van der Waals surface area contributed by atoms with Gasteiger partial charge in [-0.15, -0.1) is 11.3 Å². The number of amides is 2. The zero-order valence-corrected chi connectivity index (χ0v) is 14.7. The number of benzene rings is 3. The van der Waals surface area contributed by atoms with Crippen LogP contribution < -0.4 is 4.90 Å². The largest absolute Gasteiger partial charge is 0.507 e. The number of phenolic OH excluding ortho intramolecular Hbond substituents is 1. The average molecular weight is 372 g/mol. The molecule has 0 aliphatic carbocycles. The van der Waals surface area contributed by atoms with Gasteiger partial charge in [0.15, 0.2) is 0 Å². The minimum absolute atomic E-state index is 0.0504. The van der Waals surface area contributed by atoms with Crippen molar-refractivity contribution < 1.29 is 14.7 Å². The molecule has 0 spiro atoms. The Morgan fingerprint density at radius 1 is 0.815 bits per heavy atom. The molecular weight excluding hydrogens is 360 g/mol. The van der Waals surface area contributed by atoms with Crippen LogP contribution in [0.3, 0.4) is 0 Å². The van der Waals surface area contributed by atoms with Crippen LogP contribution in [0.1, 0.15) is 20.7 Å². The second-order valence-electron chi connectivity index (χ2n) is 6.18. The summed E-state index contributed by atoms with van der Waals surface area (Å²) in [4.78, 5) is 31.1. The van der Waals surface area contributed by atoms with E-state index in [0.29, 0.717) is 27.4 Å². The fraction of sp³-hybridized carbons (Fsp3) is 0. The summed E-state index contributed by atoms with van der Waals surface area (Å²) in [5.74, 6) is -0.678. The molecule has 2 heterocycles. The van der Waals surface area contributed by atoms with E-state index in [1.807, 2.05) is 24.3 Å². The molecule has 5 nitrogen and oxygen atoms in total. The van der Waals surface area contributed by atoms with Gasteiger partial charge in [0.25, 0.3) is 11.8 Å². The lowest BCUT2D eigenvalue weighted by Crippen LogP contribution is -2.29. The van der Waals surface area contributed by atoms with Crippen molar-refractivity contribution in [1.82, 2.24) is 4.98 Å². The quantitative estimate of drug-likeness (QED) is 0.527. The highest BCUT2D eigenvalue weighted by atomic mass is 32.1. The van der Waals surface area contributed by atoms with Crippen molar-refractivity contribution in [2.75, 3.05) is 4.90 Å². The highest BCUT2D eigenvalue weighted by molar-refractivity contribution is 7.21. The van der Waals surface area contributed by atoms with Gasteiger partial charge in [0, 0.05) is 0 Å². The van der Waals surface area contributed by atoms with Crippen LogP contribution in [0.4, 0.5) is 5.69 Å². The van der Waals surface area contributed by atoms with E-state index in [0.717, 1.165) is 15.1 Å². The topological polar surface area (TPSA) is 70.5 Å². The summed E-state index contributed by atoms with van der Waals surface area (Å²) in [6, 6.07) is 19.1. The number of carbonyl (C=O) groups is 2. The predicted octanol–water partition coefficient (Wildman–Crippen LogP) is 4.47. The molecular formula is C21H12N2O3S. The maximum Gasteiger partial charge on any atom is 0.266 e. The summed E-state index contributed by atoms with van der Waals surface area (Å²) in [5, 5.41) is 11.0. The van der Waals surface area contributed by atoms with Gasteiger partial charge >= 0.3 is 0 Å². The lowest BCUT2D eigenvalue weighted by atomic mass is 10.1. The molecule has 5 rings (SSSR count). The molecule has 0 unspecified atom stereocenters. The van der Waals surface area contributed by atoms with E-state index in [1.54, 1.807) is 36.4 Å². The van der Waals surface area contributed by atoms with Gasteiger partial charge in [0.05, 0.1) is 32.6 Å². The fourth-order valence-electron chi connectivity index (χ4n) is 3.25. The molecule has 1 aliphatic rings. The Bertz CT molecular complexity index is 1180. The van der Waals surface area contributed by atoms with Gasteiger partial charge in [-0.1, -0.05) is 24.3 Å². The van der Waals surface area contributed by atoms with E-state index in [9.17, 15) is 14.7 Å². The van der Waals surface area contributed by atoms with E-state index in [1.165, 1.54) is 17.4 Å². The summed E-state index contributed by atoms with van der Waals surface area (Å²) in [6.07, 6.45) is 0. The third-order valence-electron chi connectivity index (χ3n) is 4.56. The molecule has 130 valence electrons. The van der Waals surface area contributed by atoms with Gasteiger partial charge in [-0.05, 0) is 42.5 Å². The lowest BCUT2D eigenvalue weighted by molar-refractivity contribution is 0.0926. The molecule has 6 heteroatoms. The van der Waals surface area contributed by atoms with Gasteiger partial charge in [0.2, 0.25) is 0 Å². The Hall–Kier alpha value is -3.51. The number of fused-ring (bicyclic) bond motifs is 2. The van der Waals surface area contributed by atoms with Crippen LogP contribution in [0.15, 0.2) is 66.7 Å². The van der Waals surface area contributed by atoms with Gasteiger partial charge < -0.3 is 5.11 Å². The second-order valence-corrected chi connectivity index (χ2v) is 7.21. The van der Waals surface area contributed by atoms with Crippen molar-refractivity contribution >= 4 is 39.1 Å². The number of carbonyl (C=O) groups excluding carboxylic acids is 2. The number of anilines is 1. The fourth-order valence-corrected chi connectivity index (χ4v) is 4.24. The highest BCUT2D eigenvalue weighted by Crippen LogP contribution is 2.39. The minimum Gasteiger partial charge on any atom is -0.507 e. The predicted molar refractivity (Wildman–Crippen MR) is 104 cm³/mol. The SMILES string of the molecule is O=C1c2ccccc2C(=O)N1c1ccc(O)c(-c2nc3ccccc3s2)c1. The maximum atomic E-state index is 12.7. The average Bonchev–Trinajstić information content (AvgIpc) is 3.22. The first kappa shape index (κ1) is 15.7. The van der Waals surface area contributed by atoms with Crippen molar-refractivity contribution in [2.45, 2.75) is 0 Å². The Kier molecular flexibility index (Phi) is 3.35. The van der Waals surface area contributed by atoms with Crippen LogP contribution in [0.5, 0.6) is 5.75 Å². The molecule has 27 heavy (non-hydrogen) atoms. The first-order valence-electron chi connectivity index (χ1n) is 8.30. The number of hydrogen-bond acceptors (Lipinski definition) is 5. The van der Waals surface area contributed by atoms with Crippen LogP contribution in [-0.2, 0) is 0 Å². The lowest BCUT2D eigenvalue weighted by Gasteiger charge is -2.15. The number of rotatable bonds is 2. The van der Waals surface area contributed by atoms with Crippen LogP contribution in [0, 0.1) is 0 Å². The van der Waals surface area contributed by atoms with Crippen LogP contribution in [0.25, 0.3) is 20.8 Å².